The van der Waals surface area contributed by atoms with E-state index in [-0.39, 0.29) is 6.10 Å². The van der Waals surface area contributed by atoms with Crippen LogP contribution in [0.4, 0.5) is 0 Å². The highest BCUT2D eigenvalue weighted by Crippen LogP contribution is 2.60. The molecule has 1 heterocycles. The van der Waals surface area contributed by atoms with Gasteiger partial charge in [0.1, 0.15) is 0 Å². The maximum atomic E-state index is 10.3. The number of hydrogen-bond donors (Lipinski definition) is 1. The number of β-amino-alcohol motifs (C(OH)–C–C–N with tert-alkyl or cyclic N) is 1. The molecule has 0 aromatic rings. The van der Waals surface area contributed by atoms with Gasteiger partial charge in [0.15, 0.2) is 0 Å². The third-order valence-electron chi connectivity index (χ3n) is 6.65. The van der Waals surface area contributed by atoms with Crippen molar-refractivity contribution >= 4 is 0 Å². The van der Waals surface area contributed by atoms with Gasteiger partial charge in [-0.15, -0.1) is 0 Å². The average molecular weight is 295 g/mol. The van der Waals surface area contributed by atoms with E-state index < -0.39 is 0 Å². The van der Waals surface area contributed by atoms with Gasteiger partial charge in [0.25, 0.3) is 0 Å². The van der Waals surface area contributed by atoms with Crippen LogP contribution in [0.15, 0.2) is 0 Å². The molecular formula is C18H33NO2. The molecular weight excluding hydrogens is 262 g/mol. The molecule has 0 spiro atoms. The molecule has 0 amide bonds. The largest absolute Gasteiger partial charge is 0.389 e. The first-order valence-corrected chi connectivity index (χ1v) is 9.02. The summed E-state index contributed by atoms with van der Waals surface area (Å²) in [5, 5.41) is 10.3. The molecule has 2 aliphatic carbocycles. The molecule has 0 aromatic carbocycles. The summed E-state index contributed by atoms with van der Waals surface area (Å²) in [5.41, 5.74) is 0.432. The zero-order valence-electron chi connectivity index (χ0n) is 14.1. The molecule has 1 aliphatic heterocycles. The summed E-state index contributed by atoms with van der Waals surface area (Å²) in [4.78, 5) is 2.39. The van der Waals surface area contributed by atoms with Crippen LogP contribution >= 0.6 is 0 Å². The van der Waals surface area contributed by atoms with Crippen LogP contribution in [-0.4, -0.2) is 48.5 Å². The van der Waals surface area contributed by atoms with Crippen molar-refractivity contribution in [2.45, 2.75) is 65.1 Å². The molecule has 5 unspecified atom stereocenters. The minimum atomic E-state index is -0.322. The van der Waals surface area contributed by atoms with E-state index in [0.29, 0.717) is 30.0 Å². The molecule has 5 atom stereocenters. The Labute approximate surface area is 130 Å². The normalized spacial score (nSPS) is 40.6. The van der Waals surface area contributed by atoms with Gasteiger partial charge in [-0.2, -0.15) is 0 Å². The van der Waals surface area contributed by atoms with Crippen LogP contribution in [0.3, 0.4) is 0 Å². The Morgan fingerprint density at radius 3 is 2.43 bits per heavy atom. The summed E-state index contributed by atoms with van der Waals surface area (Å²) in [6.45, 7) is 10.8. The van der Waals surface area contributed by atoms with Crippen molar-refractivity contribution in [3.8, 4) is 0 Å². The van der Waals surface area contributed by atoms with E-state index in [2.05, 4.69) is 25.7 Å². The molecule has 1 saturated heterocycles. The molecule has 3 fully saturated rings. The first kappa shape index (κ1) is 15.8. The van der Waals surface area contributed by atoms with E-state index in [4.69, 9.17) is 4.74 Å². The Morgan fingerprint density at radius 2 is 1.81 bits per heavy atom. The first-order chi connectivity index (χ1) is 10.00. The second-order valence-corrected chi connectivity index (χ2v) is 8.28. The van der Waals surface area contributed by atoms with E-state index in [9.17, 15) is 5.11 Å². The van der Waals surface area contributed by atoms with Crippen molar-refractivity contribution in [2.24, 2.45) is 23.2 Å². The number of aliphatic hydroxyl groups excluding tert-OH is 1. The van der Waals surface area contributed by atoms with Crippen molar-refractivity contribution in [3.05, 3.63) is 0 Å². The fraction of sp³-hybridized carbons (Fsp3) is 1.00. The van der Waals surface area contributed by atoms with Gasteiger partial charge in [0, 0.05) is 6.54 Å². The topological polar surface area (TPSA) is 32.7 Å². The second kappa shape index (κ2) is 6.17. The Balaban J connectivity index is 1.47. The fourth-order valence-electron chi connectivity index (χ4n) is 5.48. The average Bonchev–Trinajstić information content (AvgIpc) is 2.84. The lowest BCUT2D eigenvalue weighted by Crippen LogP contribution is -2.40. The van der Waals surface area contributed by atoms with Crippen LogP contribution < -0.4 is 0 Å². The van der Waals surface area contributed by atoms with Crippen LogP contribution in [0.1, 0.15) is 52.9 Å². The highest BCUT2D eigenvalue weighted by Gasteiger charge is 2.57. The summed E-state index contributed by atoms with van der Waals surface area (Å²) in [7, 11) is 0. The maximum absolute atomic E-state index is 10.3. The SMILES string of the molecule is CC1C(OCC(O)CN2CCCCC2)C2CCC1C2(C)C. The van der Waals surface area contributed by atoms with Crippen LogP contribution in [0.25, 0.3) is 0 Å². The van der Waals surface area contributed by atoms with Crippen molar-refractivity contribution < 1.29 is 9.84 Å². The lowest BCUT2D eigenvalue weighted by Gasteiger charge is -2.31. The fourth-order valence-corrected chi connectivity index (χ4v) is 5.48. The molecule has 1 N–H and O–H groups in total. The number of hydrogen-bond acceptors (Lipinski definition) is 3. The summed E-state index contributed by atoms with van der Waals surface area (Å²) in [6, 6.07) is 0. The number of piperidine rings is 1. The standard InChI is InChI=1S/C18H33NO2/c1-13-15-7-8-16(18(15,2)3)17(13)21-12-14(20)11-19-9-5-4-6-10-19/h13-17,20H,4-12H2,1-3H3. The first-order valence-electron chi connectivity index (χ1n) is 9.02. The second-order valence-electron chi connectivity index (χ2n) is 8.28. The van der Waals surface area contributed by atoms with E-state index in [0.717, 1.165) is 25.6 Å². The number of ether oxygens (including phenoxy) is 1. The van der Waals surface area contributed by atoms with Crippen LogP contribution in [0.2, 0.25) is 0 Å². The van der Waals surface area contributed by atoms with Gasteiger partial charge in [-0.3, -0.25) is 0 Å². The summed E-state index contributed by atoms with van der Waals surface area (Å²) < 4.78 is 6.21. The zero-order chi connectivity index (χ0) is 15.0. The predicted molar refractivity (Wildman–Crippen MR) is 85.2 cm³/mol. The van der Waals surface area contributed by atoms with Crippen LogP contribution in [0, 0.1) is 23.2 Å². The molecule has 2 bridgehead atoms. The Morgan fingerprint density at radius 1 is 1.14 bits per heavy atom. The number of likely N-dealkylation sites (tertiary alicyclic amines) is 1. The van der Waals surface area contributed by atoms with Gasteiger partial charge < -0.3 is 14.7 Å². The smallest absolute Gasteiger partial charge is 0.0900 e. The van der Waals surface area contributed by atoms with Gasteiger partial charge in [-0.05, 0) is 61.9 Å². The highest BCUT2D eigenvalue weighted by atomic mass is 16.5. The molecule has 0 aromatic heterocycles. The lowest BCUT2D eigenvalue weighted by atomic mass is 9.80. The lowest BCUT2D eigenvalue weighted by molar-refractivity contribution is -0.0629. The van der Waals surface area contributed by atoms with Crippen molar-refractivity contribution in [1.82, 2.24) is 4.90 Å². The summed E-state index contributed by atoms with van der Waals surface area (Å²) in [6.07, 6.45) is 6.65. The molecule has 3 nitrogen and oxygen atoms in total. The summed E-state index contributed by atoms with van der Waals surface area (Å²) in [5.74, 6) is 2.16. The molecule has 2 saturated carbocycles. The minimum Gasteiger partial charge on any atom is -0.389 e. The zero-order valence-corrected chi connectivity index (χ0v) is 14.1. The maximum Gasteiger partial charge on any atom is 0.0900 e. The minimum absolute atomic E-state index is 0.322. The van der Waals surface area contributed by atoms with Crippen molar-refractivity contribution in [2.75, 3.05) is 26.2 Å². The third-order valence-corrected chi connectivity index (χ3v) is 6.65. The molecule has 122 valence electrons. The Bertz CT molecular complexity index is 351. The predicted octanol–water partition coefficient (Wildman–Crippen LogP) is 2.92. The Kier molecular flexibility index (Phi) is 4.63. The van der Waals surface area contributed by atoms with Crippen molar-refractivity contribution in [3.63, 3.8) is 0 Å². The summed E-state index contributed by atoms with van der Waals surface area (Å²) >= 11 is 0. The number of fused-ring (bicyclic) bond motifs is 2. The van der Waals surface area contributed by atoms with Gasteiger partial charge >= 0.3 is 0 Å². The van der Waals surface area contributed by atoms with Gasteiger partial charge in [0.2, 0.25) is 0 Å². The monoisotopic (exact) mass is 295 g/mol. The third kappa shape index (κ3) is 3.02. The quantitative estimate of drug-likeness (QED) is 0.846. The molecule has 3 rings (SSSR count). The van der Waals surface area contributed by atoms with Crippen LogP contribution in [0.5, 0.6) is 0 Å². The Hall–Kier alpha value is -0.120. The van der Waals surface area contributed by atoms with E-state index in [1.54, 1.807) is 0 Å². The van der Waals surface area contributed by atoms with Gasteiger partial charge in [0.05, 0.1) is 18.8 Å². The van der Waals surface area contributed by atoms with Gasteiger partial charge in [-0.1, -0.05) is 27.2 Å². The molecule has 0 radical (unpaired) electrons. The van der Waals surface area contributed by atoms with Gasteiger partial charge in [-0.25, -0.2) is 0 Å². The van der Waals surface area contributed by atoms with E-state index in [1.807, 2.05) is 0 Å². The molecule has 3 aliphatic rings. The number of rotatable bonds is 5. The van der Waals surface area contributed by atoms with E-state index in [1.165, 1.54) is 32.1 Å². The number of aliphatic hydroxyl groups is 1. The van der Waals surface area contributed by atoms with Crippen molar-refractivity contribution in [1.29, 1.82) is 0 Å². The van der Waals surface area contributed by atoms with Crippen LogP contribution in [-0.2, 0) is 4.74 Å². The molecule has 21 heavy (non-hydrogen) atoms. The number of nitrogens with zero attached hydrogens (tertiary/aromatic N) is 1. The molecule has 3 heteroatoms. The van der Waals surface area contributed by atoms with E-state index >= 15 is 0 Å². The highest BCUT2D eigenvalue weighted by molar-refractivity contribution is 5.06.